The monoisotopic (exact) mass is 166 g/mol. The van der Waals surface area contributed by atoms with Gasteiger partial charge >= 0.3 is 0 Å². The molecule has 0 amide bonds. The number of fused-ring (bicyclic) bond motifs is 4. The molecule has 4 aliphatic carbocycles. The Morgan fingerprint density at radius 2 is 1.08 bits per heavy atom. The quantitative estimate of drug-likeness (QED) is 0.541. The summed E-state index contributed by atoms with van der Waals surface area (Å²) in [5, 5.41) is 19.8. The Bertz CT molecular complexity index is 226. The van der Waals surface area contributed by atoms with Gasteiger partial charge in [0.15, 0.2) is 0 Å². The number of aliphatic hydroxyl groups is 2. The molecule has 4 fully saturated rings. The molecule has 0 aromatic rings. The van der Waals surface area contributed by atoms with Crippen LogP contribution in [-0.4, -0.2) is 22.4 Å². The molecule has 0 aromatic carbocycles. The average Bonchev–Trinajstić information content (AvgIpc) is 2.61. The summed E-state index contributed by atoms with van der Waals surface area (Å²) in [7, 11) is 0. The zero-order valence-electron chi connectivity index (χ0n) is 6.93. The van der Waals surface area contributed by atoms with E-state index < -0.39 is 0 Å². The van der Waals surface area contributed by atoms with Crippen molar-refractivity contribution in [1.82, 2.24) is 0 Å². The number of rotatable bonds is 0. The molecular formula is C10H14O2. The average molecular weight is 166 g/mol. The second kappa shape index (κ2) is 1.60. The molecule has 0 unspecified atom stereocenters. The molecule has 4 bridgehead atoms. The van der Waals surface area contributed by atoms with E-state index in [4.69, 9.17) is 0 Å². The Kier molecular flexibility index (Phi) is 0.851. The Morgan fingerprint density at radius 1 is 0.667 bits per heavy atom. The molecule has 12 heavy (non-hydrogen) atoms. The van der Waals surface area contributed by atoms with Gasteiger partial charge in [-0.25, -0.2) is 0 Å². The van der Waals surface area contributed by atoms with Gasteiger partial charge in [0.25, 0.3) is 0 Å². The van der Waals surface area contributed by atoms with Gasteiger partial charge in [0.05, 0.1) is 12.2 Å². The van der Waals surface area contributed by atoms with Gasteiger partial charge in [-0.3, -0.25) is 0 Å². The Labute approximate surface area is 71.6 Å². The first kappa shape index (κ1) is 6.39. The lowest BCUT2D eigenvalue weighted by molar-refractivity contribution is -0.0916. The van der Waals surface area contributed by atoms with Crippen LogP contribution in [0, 0.1) is 35.5 Å². The van der Waals surface area contributed by atoms with Crippen LogP contribution in [-0.2, 0) is 0 Å². The van der Waals surface area contributed by atoms with E-state index in [1.165, 1.54) is 12.8 Å². The fourth-order valence-corrected chi connectivity index (χ4v) is 5.13. The van der Waals surface area contributed by atoms with E-state index in [0.717, 1.165) is 11.8 Å². The molecular weight excluding hydrogens is 152 g/mol. The lowest BCUT2D eigenvalue weighted by Gasteiger charge is -2.42. The molecule has 0 spiro atoms. The van der Waals surface area contributed by atoms with Crippen molar-refractivity contribution in [2.75, 3.05) is 0 Å². The normalized spacial score (nSPS) is 76.5. The minimum atomic E-state index is -0.0489. The van der Waals surface area contributed by atoms with Crippen molar-refractivity contribution in [3.05, 3.63) is 0 Å². The van der Waals surface area contributed by atoms with Gasteiger partial charge in [-0.15, -0.1) is 0 Å². The number of aliphatic hydroxyl groups excluding tert-OH is 2. The molecule has 0 heterocycles. The molecule has 66 valence electrons. The van der Waals surface area contributed by atoms with E-state index in [0.29, 0.717) is 23.7 Å². The molecule has 4 rings (SSSR count). The van der Waals surface area contributed by atoms with Crippen molar-refractivity contribution in [1.29, 1.82) is 0 Å². The van der Waals surface area contributed by atoms with Crippen LogP contribution in [0.25, 0.3) is 0 Å². The van der Waals surface area contributed by atoms with Crippen LogP contribution in [0.5, 0.6) is 0 Å². The Balaban J connectivity index is 1.92. The van der Waals surface area contributed by atoms with E-state index in [1.54, 1.807) is 0 Å². The third-order valence-corrected chi connectivity index (χ3v) is 5.28. The Hall–Kier alpha value is -0.0800. The van der Waals surface area contributed by atoms with E-state index in [-0.39, 0.29) is 12.2 Å². The summed E-state index contributed by atoms with van der Waals surface area (Å²) in [4.78, 5) is 0. The van der Waals surface area contributed by atoms with Gasteiger partial charge in [0.2, 0.25) is 0 Å². The lowest BCUT2D eigenvalue weighted by atomic mass is 9.67. The highest BCUT2D eigenvalue weighted by molar-refractivity contribution is 5.20. The van der Waals surface area contributed by atoms with Crippen LogP contribution in [0.1, 0.15) is 12.8 Å². The van der Waals surface area contributed by atoms with Crippen molar-refractivity contribution < 1.29 is 10.2 Å². The topological polar surface area (TPSA) is 40.5 Å². The zero-order valence-corrected chi connectivity index (χ0v) is 6.93. The lowest BCUT2D eigenvalue weighted by Crippen LogP contribution is -2.48. The zero-order chi connectivity index (χ0) is 8.03. The van der Waals surface area contributed by atoms with E-state index in [1.807, 2.05) is 0 Å². The van der Waals surface area contributed by atoms with Crippen LogP contribution in [0.2, 0.25) is 0 Å². The molecule has 0 aromatic heterocycles. The largest absolute Gasteiger partial charge is 0.393 e. The van der Waals surface area contributed by atoms with Crippen molar-refractivity contribution in [2.45, 2.75) is 25.0 Å². The van der Waals surface area contributed by atoms with Crippen molar-refractivity contribution in [2.24, 2.45) is 35.5 Å². The summed E-state index contributed by atoms with van der Waals surface area (Å²) in [5.74, 6) is 3.50. The third-order valence-electron chi connectivity index (χ3n) is 5.28. The maximum absolute atomic E-state index is 9.91. The molecule has 8 atom stereocenters. The summed E-state index contributed by atoms with van der Waals surface area (Å²) in [6.07, 6.45) is 2.34. The van der Waals surface area contributed by atoms with E-state index in [9.17, 15) is 10.2 Å². The van der Waals surface area contributed by atoms with Crippen LogP contribution >= 0.6 is 0 Å². The first-order valence-electron chi connectivity index (χ1n) is 5.15. The van der Waals surface area contributed by atoms with Gasteiger partial charge in [-0.1, -0.05) is 0 Å². The minimum absolute atomic E-state index is 0.0489. The van der Waals surface area contributed by atoms with Gasteiger partial charge in [-0.2, -0.15) is 0 Å². The predicted molar refractivity (Wildman–Crippen MR) is 42.2 cm³/mol. The molecule has 2 heteroatoms. The fourth-order valence-electron chi connectivity index (χ4n) is 5.13. The Morgan fingerprint density at radius 3 is 1.50 bits per heavy atom. The molecule has 0 radical (unpaired) electrons. The van der Waals surface area contributed by atoms with Crippen molar-refractivity contribution in [3.63, 3.8) is 0 Å². The first-order chi connectivity index (χ1) is 5.79. The SMILES string of the molecule is O[C@@H]1[C@@H]2C[C@H]3[C@H]4C[C@@H]([C@H](O)[C@@H]42)[C@@H]13. The maximum atomic E-state index is 9.91. The van der Waals surface area contributed by atoms with E-state index >= 15 is 0 Å². The van der Waals surface area contributed by atoms with Crippen LogP contribution in [0.15, 0.2) is 0 Å². The molecule has 4 saturated carbocycles. The number of hydrogen-bond donors (Lipinski definition) is 2. The minimum Gasteiger partial charge on any atom is -0.393 e. The van der Waals surface area contributed by atoms with Gasteiger partial charge in [0, 0.05) is 0 Å². The smallest absolute Gasteiger partial charge is 0.0606 e. The maximum Gasteiger partial charge on any atom is 0.0606 e. The summed E-state index contributed by atoms with van der Waals surface area (Å²) < 4.78 is 0. The highest BCUT2D eigenvalue weighted by atomic mass is 16.3. The molecule has 2 nitrogen and oxygen atoms in total. The molecule has 0 aliphatic heterocycles. The second-order valence-electron chi connectivity index (χ2n) is 5.26. The van der Waals surface area contributed by atoms with Gasteiger partial charge in [0.1, 0.15) is 0 Å². The van der Waals surface area contributed by atoms with Crippen LogP contribution in [0.3, 0.4) is 0 Å². The predicted octanol–water partition coefficient (Wildman–Crippen LogP) is 0.240. The highest BCUT2D eigenvalue weighted by Crippen LogP contribution is 2.72. The summed E-state index contributed by atoms with van der Waals surface area (Å²) >= 11 is 0. The van der Waals surface area contributed by atoms with Crippen LogP contribution in [0.4, 0.5) is 0 Å². The van der Waals surface area contributed by atoms with Crippen molar-refractivity contribution in [3.8, 4) is 0 Å². The van der Waals surface area contributed by atoms with Gasteiger partial charge in [-0.05, 0) is 48.3 Å². The molecule has 4 aliphatic rings. The fraction of sp³-hybridized carbons (Fsp3) is 1.00. The standard InChI is InChI=1S/C10H14O2/c11-9-5-1-3-4-2-6(7(3)9)10(12)8(4)5/h3-12H,1-2H2/t3-,4+,5-,6-,7+,8+,9+,10-/m1/s1. The summed E-state index contributed by atoms with van der Waals surface area (Å²) in [5.41, 5.74) is 0. The third kappa shape index (κ3) is 0.409. The first-order valence-corrected chi connectivity index (χ1v) is 5.15. The summed E-state index contributed by atoms with van der Waals surface area (Å²) in [6.45, 7) is 0. The van der Waals surface area contributed by atoms with Gasteiger partial charge < -0.3 is 10.2 Å². The highest BCUT2D eigenvalue weighted by Gasteiger charge is 2.72. The van der Waals surface area contributed by atoms with Crippen molar-refractivity contribution >= 4 is 0 Å². The number of hydrogen-bond acceptors (Lipinski definition) is 2. The summed E-state index contributed by atoms with van der Waals surface area (Å²) in [6, 6.07) is 0. The molecule has 2 N–H and O–H groups in total. The van der Waals surface area contributed by atoms with Crippen LogP contribution < -0.4 is 0 Å². The molecule has 0 saturated heterocycles. The van der Waals surface area contributed by atoms with E-state index in [2.05, 4.69) is 0 Å². The second-order valence-corrected chi connectivity index (χ2v) is 5.26.